The molecule has 6 heteroatoms. The van der Waals surface area contributed by atoms with Crippen molar-refractivity contribution in [2.45, 2.75) is 20.3 Å². The third-order valence-electron chi connectivity index (χ3n) is 2.84. The Balaban J connectivity index is 2.26. The van der Waals surface area contributed by atoms with Crippen molar-refractivity contribution in [3.63, 3.8) is 0 Å². The topological polar surface area (TPSA) is 68.0 Å². The third kappa shape index (κ3) is 2.93. The monoisotopic (exact) mass is 279 g/mol. The lowest BCUT2D eigenvalue weighted by molar-refractivity contribution is -0.146. The summed E-state index contributed by atoms with van der Waals surface area (Å²) < 4.78 is 1.55. The molecule has 1 aromatic heterocycles. The lowest BCUT2D eigenvalue weighted by atomic mass is 9.88. The molecule has 0 saturated heterocycles. The maximum absolute atomic E-state index is 11.1. The maximum Gasteiger partial charge on any atom is 0.309 e. The number of halogens is 1. The summed E-state index contributed by atoms with van der Waals surface area (Å²) in [7, 11) is 0. The van der Waals surface area contributed by atoms with Gasteiger partial charge in [0.1, 0.15) is 0 Å². The minimum Gasteiger partial charge on any atom is -0.481 e. The first-order valence-electron chi connectivity index (χ1n) is 5.80. The van der Waals surface area contributed by atoms with Gasteiger partial charge in [-0.05, 0) is 26.0 Å². The molecule has 0 saturated carbocycles. The Bertz CT molecular complexity index is 607. The van der Waals surface area contributed by atoms with Crippen LogP contribution in [0.15, 0.2) is 30.5 Å². The molecule has 100 valence electrons. The highest BCUT2D eigenvalue weighted by atomic mass is 35.5. The van der Waals surface area contributed by atoms with E-state index in [0.717, 1.165) is 5.69 Å². The minimum absolute atomic E-state index is 0.312. The summed E-state index contributed by atoms with van der Waals surface area (Å²) in [6, 6.07) is 7.27. The van der Waals surface area contributed by atoms with Gasteiger partial charge in [0.25, 0.3) is 0 Å². The van der Waals surface area contributed by atoms with E-state index in [4.69, 9.17) is 16.7 Å². The molecule has 0 fully saturated rings. The van der Waals surface area contributed by atoms with Crippen molar-refractivity contribution in [2.75, 3.05) is 0 Å². The highest BCUT2D eigenvalue weighted by Crippen LogP contribution is 2.23. The molecule has 0 amide bonds. The molecule has 0 bridgehead atoms. The molecular formula is C13H14ClN3O2. The predicted molar refractivity (Wildman–Crippen MR) is 71.5 cm³/mol. The van der Waals surface area contributed by atoms with Gasteiger partial charge in [-0.1, -0.05) is 28.9 Å². The zero-order valence-electron chi connectivity index (χ0n) is 10.7. The lowest BCUT2D eigenvalue weighted by Crippen LogP contribution is -2.26. The van der Waals surface area contributed by atoms with E-state index in [0.29, 0.717) is 17.1 Å². The Morgan fingerprint density at radius 3 is 2.74 bits per heavy atom. The number of carboxylic acids is 1. The number of hydrogen-bond donors (Lipinski definition) is 1. The number of rotatable bonds is 4. The van der Waals surface area contributed by atoms with E-state index in [2.05, 4.69) is 10.3 Å². The van der Waals surface area contributed by atoms with Crippen LogP contribution in [0, 0.1) is 5.41 Å². The number of carbonyl (C=O) groups is 1. The van der Waals surface area contributed by atoms with E-state index in [1.807, 2.05) is 18.2 Å². The largest absolute Gasteiger partial charge is 0.481 e. The Morgan fingerprint density at radius 2 is 2.11 bits per heavy atom. The van der Waals surface area contributed by atoms with Crippen LogP contribution < -0.4 is 0 Å². The molecule has 1 N–H and O–H groups in total. The highest BCUT2D eigenvalue weighted by Gasteiger charge is 2.28. The van der Waals surface area contributed by atoms with Gasteiger partial charge in [0.15, 0.2) is 0 Å². The van der Waals surface area contributed by atoms with Crippen molar-refractivity contribution in [3.05, 3.63) is 41.2 Å². The first-order chi connectivity index (χ1) is 8.90. The van der Waals surface area contributed by atoms with E-state index in [1.54, 1.807) is 30.8 Å². The van der Waals surface area contributed by atoms with Gasteiger partial charge in [0.05, 0.1) is 28.0 Å². The molecular weight excluding hydrogens is 266 g/mol. The lowest BCUT2D eigenvalue weighted by Gasteiger charge is -2.16. The number of aliphatic carboxylic acids is 1. The number of benzene rings is 1. The van der Waals surface area contributed by atoms with Crippen LogP contribution in [0.3, 0.4) is 0 Å². The minimum atomic E-state index is -0.874. The fourth-order valence-electron chi connectivity index (χ4n) is 1.66. The molecule has 0 unspecified atom stereocenters. The van der Waals surface area contributed by atoms with E-state index in [-0.39, 0.29) is 0 Å². The van der Waals surface area contributed by atoms with Crippen LogP contribution >= 0.6 is 11.6 Å². The van der Waals surface area contributed by atoms with Crippen molar-refractivity contribution < 1.29 is 9.90 Å². The summed E-state index contributed by atoms with van der Waals surface area (Å²) in [6.07, 6.45) is 2.01. The molecule has 5 nitrogen and oxygen atoms in total. The summed E-state index contributed by atoms with van der Waals surface area (Å²) in [6.45, 7) is 3.31. The average molecular weight is 280 g/mol. The normalized spacial score (nSPS) is 11.5. The zero-order chi connectivity index (χ0) is 14.0. The van der Waals surface area contributed by atoms with Gasteiger partial charge >= 0.3 is 5.97 Å². The molecule has 0 spiro atoms. The molecule has 0 aliphatic rings. The Kier molecular flexibility index (Phi) is 3.57. The van der Waals surface area contributed by atoms with Crippen LogP contribution in [0.5, 0.6) is 0 Å². The molecule has 1 heterocycles. The summed E-state index contributed by atoms with van der Waals surface area (Å²) in [4.78, 5) is 11.1. The number of carboxylic acid groups (broad SMARTS) is 1. The molecule has 0 atom stereocenters. The van der Waals surface area contributed by atoms with Gasteiger partial charge < -0.3 is 5.11 Å². The summed E-state index contributed by atoms with van der Waals surface area (Å²) >= 11 is 6.07. The molecule has 0 aliphatic carbocycles. The van der Waals surface area contributed by atoms with Crippen LogP contribution in [-0.2, 0) is 11.2 Å². The van der Waals surface area contributed by atoms with Crippen LogP contribution in [0.4, 0.5) is 0 Å². The second-order valence-electron chi connectivity index (χ2n) is 4.97. The standard InChI is InChI=1S/C13H14ClN3O2/c1-13(2,12(18)19)7-9-8-17(16-15-9)11-6-4-3-5-10(11)14/h3-6,8H,7H2,1-2H3,(H,18,19). The number of aromatic nitrogens is 3. The van der Waals surface area contributed by atoms with Crippen molar-refractivity contribution in [1.29, 1.82) is 0 Å². The zero-order valence-corrected chi connectivity index (χ0v) is 11.4. The fourth-order valence-corrected chi connectivity index (χ4v) is 1.89. The molecule has 19 heavy (non-hydrogen) atoms. The van der Waals surface area contributed by atoms with Crippen molar-refractivity contribution in [2.24, 2.45) is 5.41 Å². The molecule has 0 radical (unpaired) electrons. The van der Waals surface area contributed by atoms with Gasteiger partial charge in [0.2, 0.25) is 0 Å². The molecule has 2 aromatic rings. The van der Waals surface area contributed by atoms with Crippen LogP contribution in [0.25, 0.3) is 5.69 Å². The smallest absolute Gasteiger partial charge is 0.309 e. The number of para-hydroxylation sites is 1. The number of nitrogens with zero attached hydrogens (tertiary/aromatic N) is 3. The van der Waals surface area contributed by atoms with Crippen LogP contribution in [-0.4, -0.2) is 26.1 Å². The van der Waals surface area contributed by atoms with E-state index < -0.39 is 11.4 Å². The predicted octanol–water partition coefficient (Wildman–Crippen LogP) is 2.57. The van der Waals surface area contributed by atoms with Gasteiger partial charge in [-0.3, -0.25) is 4.79 Å². The Labute approximate surface area is 115 Å². The highest BCUT2D eigenvalue weighted by molar-refractivity contribution is 6.32. The molecule has 0 aliphatic heterocycles. The Hall–Kier alpha value is -1.88. The molecule has 2 rings (SSSR count). The van der Waals surface area contributed by atoms with Crippen molar-refractivity contribution in [3.8, 4) is 5.69 Å². The van der Waals surface area contributed by atoms with Crippen molar-refractivity contribution >= 4 is 17.6 Å². The first-order valence-corrected chi connectivity index (χ1v) is 6.17. The Morgan fingerprint density at radius 1 is 1.42 bits per heavy atom. The van der Waals surface area contributed by atoms with Gasteiger partial charge in [0, 0.05) is 6.42 Å². The van der Waals surface area contributed by atoms with Gasteiger partial charge in [-0.15, -0.1) is 5.10 Å². The van der Waals surface area contributed by atoms with Crippen molar-refractivity contribution in [1.82, 2.24) is 15.0 Å². The second kappa shape index (κ2) is 5.01. The SMILES string of the molecule is CC(C)(Cc1cn(-c2ccccc2Cl)nn1)C(=O)O. The summed E-state index contributed by atoms with van der Waals surface area (Å²) in [5, 5.41) is 17.6. The van der Waals surface area contributed by atoms with Crippen LogP contribution in [0.1, 0.15) is 19.5 Å². The maximum atomic E-state index is 11.1. The third-order valence-corrected chi connectivity index (χ3v) is 3.16. The van der Waals surface area contributed by atoms with Crippen LogP contribution in [0.2, 0.25) is 5.02 Å². The number of hydrogen-bond acceptors (Lipinski definition) is 3. The summed E-state index contributed by atoms with van der Waals surface area (Å²) in [5.74, 6) is -0.861. The second-order valence-corrected chi connectivity index (χ2v) is 5.38. The molecule has 1 aromatic carbocycles. The average Bonchev–Trinajstić information content (AvgIpc) is 2.77. The first kappa shape index (κ1) is 13.5. The quantitative estimate of drug-likeness (QED) is 0.934. The fraction of sp³-hybridized carbons (Fsp3) is 0.308. The van der Waals surface area contributed by atoms with E-state index >= 15 is 0 Å². The van der Waals surface area contributed by atoms with E-state index in [1.165, 1.54) is 0 Å². The summed E-state index contributed by atoms with van der Waals surface area (Å²) in [5.41, 5.74) is 0.463. The van der Waals surface area contributed by atoms with Gasteiger partial charge in [-0.25, -0.2) is 4.68 Å². The van der Waals surface area contributed by atoms with Gasteiger partial charge in [-0.2, -0.15) is 0 Å². The van der Waals surface area contributed by atoms with E-state index in [9.17, 15) is 4.79 Å².